The summed E-state index contributed by atoms with van der Waals surface area (Å²) in [5.74, 6) is -1.56. The van der Waals surface area contributed by atoms with Gasteiger partial charge in [-0.2, -0.15) is 0 Å². The van der Waals surface area contributed by atoms with Crippen molar-refractivity contribution >= 4 is 24.3 Å². The molecule has 0 saturated carbocycles. The van der Waals surface area contributed by atoms with Crippen molar-refractivity contribution in [3.8, 4) is 5.75 Å². The standard InChI is InChI=1S/C12H10FNO4S/c13-19-18-10-6-2-1-4-8(10)11(15)14-7-3-5-9(14)12(16)17/h1-4,6-7,9H,5H2,(H,16,17). The molecule has 1 aliphatic rings. The summed E-state index contributed by atoms with van der Waals surface area (Å²) in [7, 11) is 0. The molecule has 1 unspecified atom stereocenters. The van der Waals surface area contributed by atoms with E-state index in [1.54, 1.807) is 18.2 Å². The van der Waals surface area contributed by atoms with E-state index in [1.165, 1.54) is 18.3 Å². The maximum atomic E-state index is 12.3. The minimum absolute atomic E-state index is 0.0597. The first-order valence-corrected chi connectivity index (χ1v) is 6.05. The molecule has 1 aromatic carbocycles. The number of carbonyl (C=O) groups excluding carboxylic acids is 1. The number of carboxylic acids is 1. The molecule has 19 heavy (non-hydrogen) atoms. The SMILES string of the molecule is O=C(O)C1CC=CN1C(=O)c1ccccc1OSF. The van der Waals surface area contributed by atoms with Crippen molar-refractivity contribution in [3.05, 3.63) is 42.1 Å². The van der Waals surface area contributed by atoms with E-state index in [2.05, 4.69) is 4.18 Å². The quantitative estimate of drug-likeness (QED) is 0.859. The van der Waals surface area contributed by atoms with Gasteiger partial charge in [0.05, 0.1) is 5.56 Å². The van der Waals surface area contributed by atoms with Gasteiger partial charge in [0.25, 0.3) is 18.3 Å². The third-order valence-electron chi connectivity index (χ3n) is 2.72. The predicted molar refractivity (Wildman–Crippen MR) is 67.1 cm³/mol. The van der Waals surface area contributed by atoms with E-state index in [0.717, 1.165) is 4.90 Å². The first-order valence-electron chi connectivity index (χ1n) is 5.41. The van der Waals surface area contributed by atoms with Gasteiger partial charge >= 0.3 is 5.97 Å². The fraction of sp³-hybridized carbons (Fsp3) is 0.167. The molecule has 0 aliphatic carbocycles. The van der Waals surface area contributed by atoms with Crippen LogP contribution in [0.4, 0.5) is 3.89 Å². The van der Waals surface area contributed by atoms with Crippen molar-refractivity contribution in [2.45, 2.75) is 12.5 Å². The zero-order chi connectivity index (χ0) is 13.8. The van der Waals surface area contributed by atoms with Crippen LogP contribution in [0.3, 0.4) is 0 Å². The second-order valence-corrected chi connectivity index (χ2v) is 4.12. The number of carboxylic acid groups (broad SMARTS) is 1. The Morgan fingerprint density at radius 2 is 2.16 bits per heavy atom. The average Bonchev–Trinajstić information content (AvgIpc) is 2.88. The van der Waals surface area contributed by atoms with Crippen LogP contribution in [0, 0.1) is 0 Å². The number of rotatable bonds is 4. The van der Waals surface area contributed by atoms with Crippen LogP contribution in [0.25, 0.3) is 0 Å². The van der Waals surface area contributed by atoms with Gasteiger partial charge in [-0.25, -0.2) is 4.79 Å². The van der Waals surface area contributed by atoms with Crippen molar-refractivity contribution in [3.63, 3.8) is 0 Å². The van der Waals surface area contributed by atoms with Crippen molar-refractivity contribution in [2.75, 3.05) is 0 Å². The Morgan fingerprint density at radius 3 is 2.84 bits per heavy atom. The van der Waals surface area contributed by atoms with Gasteiger partial charge in [-0.05, 0) is 18.6 Å². The van der Waals surface area contributed by atoms with Gasteiger partial charge < -0.3 is 14.2 Å². The van der Waals surface area contributed by atoms with Gasteiger partial charge in [0.1, 0.15) is 6.04 Å². The average molecular weight is 283 g/mol. The molecule has 1 aromatic rings. The minimum atomic E-state index is -1.09. The van der Waals surface area contributed by atoms with E-state index in [1.807, 2.05) is 0 Å². The third-order valence-corrected chi connectivity index (χ3v) is 2.96. The first-order chi connectivity index (χ1) is 9.15. The van der Waals surface area contributed by atoms with Crippen LogP contribution in [0.5, 0.6) is 5.75 Å². The van der Waals surface area contributed by atoms with Crippen molar-refractivity contribution < 1.29 is 22.8 Å². The largest absolute Gasteiger partial charge is 0.480 e. The summed E-state index contributed by atoms with van der Waals surface area (Å²) < 4.78 is 16.8. The Hall–Kier alpha value is -2.02. The minimum Gasteiger partial charge on any atom is -0.480 e. The van der Waals surface area contributed by atoms with Gasteiger partial charge in [-0.15, -0.1) is 3.89 Å². The zero-order valence-corrected chi connectivity index (χ0v) is 10.5. The van der Waals surface area contributed by atoms with Crippen molar-refractivity contribution in [1.82, 2.24) is 4.90 Å². The second-order valence-electron chi connectivity index (χ2n) is 3.83. The molecule has 1 N–H and O–H groups in total. The van der Waals surface area contributed by atoms with Gasteiger partial charge in [0.2, 0.25) is 0 Å². The number of amides is 1. The smallest absolute Gasteiger partial charge is 0.327 e. The van der Waals surface area contributed by atoms with E-state index >= 15 is 0 Å². The summed E-state index contributed by atoms with van der Waals surface area (Å²) in [6.07, 6.45) is 3.27. The van der Waals surface area contributed by atoms with E-state index in [4.69, 9.17) is 5.11 Å². The number of hydrogen-bond donors (Lipinski definition) is 1. The highest BCUT2D eigenvalue weighted by molar-refractivity contribution is 7.89. The lowest BCUT2D eigenvalue weighted by Gasteiger charge is -2.21. The molecule has 1 heterocycles. The van der Waals surface area contributed by atoms with Crippen molar-refractivity contribution in [1.29, 1.82) is 0 Å². The topological polar surface area (TPSA) is 66.8 Å². The van der Waals surface area contributed by atoms with Gasteiger partial charge in [-0.3, -0.25) is 4.79 Å². The van der Waals surface area contributed by atoms with Crippen LogP contribution in [0.15, 0.2) is 36.5 Å². The van der Waals surface area contributed by atoms with E-state index in [0.29, 0.717) is 0 Å². The van der Waals surface area contributed by atoms with Crippen LogP contribution >= 0.6 is 12.4 Å². The maximum Gasteiger partial charge on any atom is 0.327 e. The highest BCUT2D eigenvalue weighted by Crippen LogP contribution is 2.26. The lowest BCUT2D eigenvalue weighted by molar-refractivity contribution is -0.141. The number of para-hydroxylation sites is 1. The normalized spacial score (nSPS) is 17.5. The van der Waals surface area contributed by atoms with Crippen LogP contribution in [0.2, 0.25) is 0 Å². The molecule has 0 bridgehead atoms. The van der Waals surface area contributed by atoms with Crippen LogP contribution in [-0.4, -0.2) is 27.9 Å². The molecule has 0 fully saturated rings. The van der Waals surface area contributed by atoms with Crippen LogP contribution in [-0.2, 0) is 4.79 Å². The van der Waals surface area contributed by atoms with Gasteiger partial charge in [0.15, 0.2) is 5.75 Å². The lowest BCUT2D eigenvalue weighted by Crippen LogP contribution is -2.38. The summed E-state index contributed by atoms with van der Waals surface area (Å²) in [5, 5.41) is 9.02. The molecule has 7 heteroatoms. The number of nitrogens with zero attached hydrogens (tertiary/aromatic N) is 1. The Bertz CT molecular complexity index is 534. The molecular weight excluding hydrogens is 273 g/mol. The molecule has 2 rings (SSSR count). The van der Waals surface area contributed by atoms with E-state index in [-0.39, 0.29) is 30.2 Å². The fourth-order valence-electron chi connectivity index (χ4n) is 1.84. The second kappa shape index (κ2) is 5.75. The highest BCUT2D eigenvalue weighted by Gasteiger charge is 2.32. The molecule has 0 aromatic heterocycles. The lowest BCUT2D eigenvalue weighted by atomic mass is 10.1. The summed E-state index contributed by atoms with van der Waals surface area (Å²) in [6.45, 7) is 0. The Labute approximate surface area is 113 Å². The molecule has 1 amide bonds. The van der Waals surface area contributed by atoms with Crippen molar-refractivity contribution in [2.24, 2.45) is 0 Å². The number of benzene rings is 1. The molecule has 0 spiro atoms. The number of carbonyl (C=O) groups is 2. The highest BCUT2D eigenvalue weighted by atomic mass is 32.2. The zero-order valence-electron chi connectivity index (χ0n) is 9.65. The molecule has 0 radical (unpaired) electrons. The van der Waals surface area contributed by atoms with E-state index in [9.17, 15) is 13.5 Å². The monoisotopic (exact) mass is 283 g/mol. The molecular formula is C12H10FNO4S. The number of halogens is 1. The van der Waals surface area contributed by atoms with Gasteiger partial charge in [0, 0.05) is 6.20 Å². The first kappa shape index (κ1) is 13.4. The molecule has 1 atom stereocenters. The predicted octanol–water partition coefficient (Wildman–Crippen LogP) is 2.41. The Kier molecular flexibility index (Phi) is 4.06. The summed E-state index contributed by atoms with van der Waals surface area (Å²) in [5.41, 5.74) is 0.116. The van der Waals surface area contributed by atoms with Crippen LogP contribution < -0.4 is 4.18 Å². The number of hydrogen-bond acceptors (Lipinski definition) is 4. The molecule has 100 valence electrons. The van der Waals surface area contributed by atoms with Crippen LogP contribution in [0.1, 0.15) is 16.8 Å². The fourth-order valence-corrected chi connectivity index (χ4v) is 2.05. The third kappa shape index (κ3) is 2.70. The summed E-state index contributed by atoms with van der Waals surface area (Å²) >= 11 is -0.369. The molecule has 1 aliphatic heterocycles. The van der Waals surface area contributed by atoms with Gasteiger partial charge in [-0.1, -0.05) is 18.2 Å². The summed E-state index contributed by atoms with van der Waals surface area (Å²) in [6, 6.07) is 5.16. The van der Waals surface area contributed by atoms with E-state index < -0.39 is 17.9 Å². The summed E-state index contributed by atoms with van der Waals surface area (Å²) in [4.78, 5) is 24.4. The number of aliphatic carboxylic acids is 1. The molecule has 0 saturated heterocycles. The molecule has 5 nitrogen and oxygen atoms in total. The Balaban J connectivity index is 2.29. The Morgan fingerprint density at radius 1 is 1.42 bits per heavy atom. The maximum absolute atomic E-state index is 12.3.